The van der Waals surface area contributed by atoms with Gasteiger partial charge in [-0.15, -0.1) is 0 Å². The molecule has 0 saturated heterocycles. The zero-order chi connectivity index (χ0) is 13.1. The fourth-order valence-electron chi connectivity index (χ4n) is 2.14. The van der Waals surface area contributed by atoms with E-state index in [2.05, 4.69) is 28.6 Å². The van der Waals surface area contributed by atoms with Gasteiger partial charge in [0.15, 0.2) is 0 Å². The summed E-state index contributed by atoms with van der Waals surface area (Å²) in [7, 11) is 1.90. The van der Waals surface area contributed by atoms with Gasteiger partial charge < -0.3 is 0 Å². The van der Waals surface area contributed by atoms with Gasteiger partial charge in [0.1, 0.15) is 0 Å². The van der Waals surface area contributed by atoms with Crippen LogP contribution in [0.15, 0.2) is 18.5 Å². The Morgan fingerprint density at radius 3 is 2.83 bits per heavy atom. The van der Waals surface area contributed by atoms with Crippen LogP contribution in [0.5, 0.6) is 0 Å². The first-order valence-corrected chi connectivity index (χ1v) is 6.12. The monoisotopic (exact) mass is 248 g/mol. The van der Waals surface area contributed by atoms with E-state index in [1.165, 1.54) is 5.69 Å². The second-order valence-electron chi connectivity index (χ2n) is 4.46. The minimum absolute atomic E-state index is 0.0556. The Kier molecular flexibility index (Phi) is 3.78. The van der Waals surface area contributed by atoms with Gasteiger partial charge >= 0.3 is 0 Å². The summed E-state index contributed by atoms with van der Waals surface area (Å²) in [5.74, 6) is 5.64. The average molecular weight is 248 g/mol. The van der Waals surface area contributed by atoms with Crippen molar-refractivity contribution in [1.82, 2.24) is 25.0 Å². The third-order valence-electron chi connectivity index (χ3n) is 3.03. The number of hydrazine groups is 1. The smallest absolute Gasteiger partial charge is 0.0596 e. The van der Waals surface area contributed by atoms with Crippen molar-refractivity contribution in [3.8, 4) is 0 Å². The van der Waals surface area contributed by atoms with E-state index in [4.69, 9.17) is 5.84 Å². The van der Waals surface area contributed by atoms with E-state index in [9.17, 15) is 0 Å². The SMILES string of the molecule is CCn1nc(C)cc1CC(NN)c1cnn(C)c1. The molecule has 0 aliphatic carbocycles. The van der Waals surface area contributed by atoms with Crippen molar-refractivity contribution in [2.45, 2.75) is 32.9 Å². The summed E-state index contributed by atoms with van der Waals surface area (Å²) < 4.78 is 3.79. The van der Waals surface area contributed by atoms with Crippen molar-refractivity contribution in [1.29, 1.82) is 0 Å². The Labute approximate surface area is 107 Å². The molecule has 3 N–H and O–H groups in total. The molecule has 18 heavy (non-hydrogen) atoms. The highest BCUT2D eigenvalue weighted by atomic mass is 15.3. The van der Waals surface area contributed by atoms with Crippen LogP contribution in [0.1, 0.15) is 29.9 Å². The first-order chi connectivity index (χ1) is 8.63. The lowest BCUT2D eigenvalue weighted by molar-refractivity contribution is 0.516. The summed E-state index contributed by atoms with van der Waals surface area (Å²) in [5.41, 5.74) is 6.15. The van der Waals surface area contributed by atoms with Gasteiger partial charge in [-0.25, -0.2) is 0 Å². The summed E-state index contributed by atoms with van der Waals surface area (Å²) in [4.78, 5) is 0. The minimum Gasteiger partial charge on any atom is -0.275 e. The number of hydrogen-bond acceptors (Lipinski definition) is 4. The molecular weight excluding hydrogens is 228 g/mol. The fourth-order valence-corrected chi connectivity index (χ4v) is 2.14. The predicted octanol–water partition coefficient (Wildman–Crippen LogP) is 0.692. The zero-order valence-electron chi connectivity index (χ0n) is 11.1. The molecule has 0 saturated carbocycles. The number of rotatable bonds is 5. The van der Waals surface area contributed by atoms with Gasteiger partial charge in [0, 0.05) is 37.5 Å². The molecule has 98 valence electrons. The average Bonchev–Trinajstić information content (AvgIpc) is 2.92. The lowest BCUT2D eigenvalue weighted by Gasteiger charge is -2.14. The van der Waals surface area contributed by atoms with E-state index in [0.717, 1.165) is 24.2 Å². The molecule has 0 radical (unpaired) electrons. The Morgan fingerprint density at radius 2 is 2.28 bits per heavy atom. The summed E-state index contributed by atoms with van der Waals surface area (Å²) >= 11 is 0. The molecule has 2 rings (SSSR count). The van der Waals surface area contributed by atoms with E-state index in [-0.39, 0.29) is 6.04 Å². The Bertz CT molecular complexity index is 512. The molecule has 0 bridgehead atoms. The van der Waals surface area contributed by atoms with E-state index in [1.807, 2.05) is 31.0 Å². The lowest BCUT2D eigenvalue weighted by Crippen LogP contribution is -2.30. The number of aryl methyl sites for hydroxylation is 3. The van der Waals surface area contributed by atoms with Crippen LogP contribution in [0, 0.1) is 6.92 Å². The van der Waals surface area contributed by atoms with Gasteiger partial charge in [-0.3, -0.25) is 20.6 Å². The van der Waals surface area contributed by atoms with E-state index in [0.29, 0.717) is 0 Å². The zero-order valence-corrected chi connectivity index (χ0v) is 11.1. The van der Waals surface area contributed by atoms with Crippen LogP contribution in [0.25, 0.3) is 0 Å². The number of nitrogens with zero attached hydrogens (tertiary/aromatic N) is 4. The molecule has 0 spiro atoms. The maximum atomic E-state index is 5.64. The Morgan fingerprint density at radius 1 is 1.50 bits per heavy atom. The van der Waals surface area contributed by atoms with Gasteiger partial charge in [0.25, 0.3) is 0 Å². The molecule has 1 atom stereocenters. The highest BCUT2D eigenvalue weighted by molar-refractivity contribution is 5.17. The van der Waals surface area contributed by atoms with E-state index >= 15 is 0 Å². The predicted molar refractivity (Wildman–Crippen MR) is 69.6 cm³/mol. The van der Waals surface area contributed by atoms with Gasteiger partial charge in [0.05, 0.1) is 17.9 Å². The van der Waals surface area contributed by atoms with Crippen LogP contribution >= 0.6 is 0 Å². The van der Waals surface area contributed by atoms with Crippen LogP contribution < -0.4 is 11.3 Å². The number of hydrogen-bond donors (Lipinski definition) is 2. The van der Waals surface area contributed by atoms with Gasteiger partial charge in [-0.2, -0.15) is 10.2 Å². The molecule has 2 aromatic rings. The Hall–Kier alpha value is -1.66. The van der Waals surface area contributed by atoms with Crippen LogP contribution in [0.2, 0.25) is 0 Å². The summed E-state index contributed by atoms with van der Waals surface area (Å²) in [5, 5.41) is 8.62. The van der Waals surface area contributed by atoms with Crippen LogP contribution in [0.4, 0.5) is 0 Å². The lowest BCUT2D eigenvalue weighted by atomic mass is 10.1. The first kappa shape index (κ1) is 12.8. The molecule has 0 aliphatic heterocycles. The summed E-state index contributed by atoms with van der Waals surface area (Å²) in [6.07, 6.45) is 4.62. The molecule has 6 heteroatoms. The topological polar surface area (TPSA) is 73.7 Å². The molecule has 0 aliphatic rings. The van der Waals surface area contributed by atoms with Gasteiger partial charge in [0.2, 0.25) is 0 Å². The second kappa shape index (κ2) is 5.32. The van der Waals surface area contributed by atoms with Crippen molar-refractivity contribution < 1.29 is 0 Å². The second-order valence-corrected chi connectivity index (χ2v) is 4.46. The first-order valence-electron chi connectivity index (χ1n) is 6.12. The number of nitrogens with two attached hydrogens (primary N) is 1. The van der Waals surface area contributed by atoms with Crippen LogP contribution in [-0.2, 0) is 20.0 Å². The molecule has 2 aromatic heterocycles. The molecule has 0 fully saturated rings. The Balaban J connectivity index is 2.19. The van der Waals surface area contributed by atoms with Gasteiger partial charge in [-0.05, 0) is 19.9 Å². The molecule has 6 nitrogen and oxygen atoms in total. The quantitative estimate of drug-likeness (QED) is 0.603. The number of nitrogens with one attached hydrogen (secondary N) is 1. The maximum absolute atomic E-state index is 5.64. The highest BCUT2D eigenvalue weighted by Gasteiger charge is 2.15. The normalized spacial score (nSPS) is 12.9. The van der Waals surface area contributed by atoms with E-state index < -0.39 is 0 Å². The van der Waals surface area contributed by atoms with E-state index in [1.54, 1.807) is 4.68 Å². The fraction of sp³-hybridized carbons (Fsp3) is 0.500. The van der Waals surface area contributed by atoms with Crippen molar-refractivity contribution in [3.63, 3.8) is 0 Å². The van der Waals surface area contributed by atoms with Gasteiger partial charge in [-0.1, -0.05) is 0 Å². The standard InChI is InChI=1S/C12H20N6/c1-4-18-11(5-9(2)16-18)6-12(15-13)10-7-14-17(3)8-10/h5,7-8,12,15H,4,6,13H2,1-3H3. The van der Waals surface area contributed by atoms with Crippen molar-refractivity contribution >= 4 is 0 Å². The minimum atomic E-state index is 0.0556. The summed E-state index contributed by atoms with van der Waals surface area (Å²) in [6, 6.07) is 2.16. The summed E-state index contributed by atoms with van der Waals surface area (Å²) in [6.45, 7) is 4.96. The molecule has 0 amide bonds. The largest absolute Gasteiger partial charge is 0.275 e. The maximum Gasteiger partial charge on any atom is 0.0596 e. The number of aromatic nitrogens is 4. The molecule has 2 heterocycles. The van der Waals surface area contributed by atoms with Crippen molar-refractivity contribution in [2.24, 2.45) is 12.9 Å². The van der Waals surface area contributed by atoms with Crippen LogP contribution in [0.3, 0.4) is 0 Å². The molecule has 0 aromatic carbocycles. The van der Waals surface area contributed by atoms with Crippen molar-refractivity contribution in [2.75, 3.05) is 0 Å². The highest BCUT2D eigenvalue weighted by Crippen LogP contribution is 2.17. The third-order valence-corrected chi connectivity index (χ3v) is 3.03. The molecular formula is C12H20N6. The van der Waals surface area contributed by atoms with Crippen LogP contribution in [-0.4, -0.2) is 19.6 Å². The molecule has 1 unspecified atom stereocenters. The third kappa shape index (κ3) is 2.60. The van der Waals surface area contributed by atoms with Crippen molar-refractivity contribution in [3.05, 3.63) is 35.4 Å².